The van der Waals surface area contributed by atoms with Gasteiger partial charge in [0.25, 0.3) is 0 Å². The first-order chi connectivity index (χ1) is 16.5. The van der Waals surface area contributed by atoms with Crippen LogP contribution >= 0.6 is 23.5 Å². The third-order valence-corrected chi connectivity index (χ3v) is 6.06. The lowest BCUT2D eigenvalue weighted by atomic mass is 9.99. The number of carbonyl (C=O) groups excluding carboxylic acids is 1. The monoisotopic (exact) mass is 529 g/mol. The largest absolute Gasteiger partial charge is 0.395 e. The van der Waals surface area contributed by atoms with Crippen molar-refractivity contribution in [2.24, 2.45) is 13.0 Å². The molecule has 13 heteroatoms. The van der Waals surface area contributed by atoms with Crippen LogP contribution in [0.2, 0.25) is 5.02 Å². The summed E-state index contributed by atoms with van der Waals surface area (Å²) in [6.07, 6.45) is 0.347. The average molecular weight is 530 g/mol. The molecule has 3 heterocycles. The van der Waals surface area contributed by atoms with E-state index in [1.54, 1.807) is 25.2 Å². The van der Waals surface area contributed by atoms with Gasteiger partial charge in [0.2, 0.25) is 0 Å². The third kappa shape index (κ3) is 5.59. The Bertz CT molecular complexity index is 1250. The molecule has 0 amide bonds. The van der Waals surface area contributed by atoms with Crippen LogP contribution in [0.3, 0.4) is 0 Å². The number of alkyl halides is 3. The number of hydrogen-bond donors (Lipinski definition) is 2. The van der Waals surface area contributed by atoms with E-state index < -0.39 is 23.9 Å². The second kappa shape index (κ2) is 9.86. The molecule has 2 N–H and O–H groups in total. The number of anilines is 3. The van der Waals surface area contributed by atoms with Gasteiger partial charge in [0.05, 0.1) is 34.7 Å². The fourth-order valence-corrected chi connectivity index (χ4v) is 4.18. The van der Waals surface area contributed by atoms with Crippen molar-refractivity contribution in [2.75, 3.05) is 34.4 Å². The molecule has 0 bridgehead atoms. The molecule has 1 fully saturated rings. The van der Waals surface area contributed by atoms with Gasteiger partial charge in [-0.3, -0.25) is 0 Å². The number of nitrogens with one attached hydrogen (secondary N) is 2. The number of hydrogen-bond acceptors (Lipinski definition) is 7. The molecule has 1 aliphatic rings. The Balaban J connectivity index is 1.44. The maximum Gasteiger partial charge on any atom is 0.395 e. The minimum Gasteiger partial charge on any atom is -0.369 e. The summed E-state index contributed by atoms with van der Waals surface area (Å²) < 4.78 is 57.5. The van der Waals surface area contributed by atoms with Crippen LogP contribution in [-0.2, 0) is 11.9 Å². The van der Waals surface area contributed by atoms with Crippen molar-refractivity contribution in [3.8, 4) is 11.4 Å². The Morgan fingerprint density at radius 3 is 2.57 bits per heavy atom. The van der Waals surface area contributed by atoms with Gasteiger partial charge in [0, 0.05) is 49.4 Å². The van der Waals surface area contributed by atoms with Crippen LogP contribution in [0.5, 0.6) is 0 Å². The minimum atomic E-state index is -4.27. The van der Waals surface area contributed by atoms with Gasteiger partial charge >= 0.3 is 12.1 Å². The van der Waals surface area contributed by atoms with E-state index in [1.165, 1.54) is 39.9 Å². The fraction of sp³-hybridized carbons (Fsp3) is 0.273. The molecule has 1 aliphatic heterocycles. The predicted octanol–water partition coefficient (Wildman–Crippen LogP) is 5.75. The van der Waals surface area contributed by atoms with E-state index in [1.807, 2.05) is 6.26 Å². The number of aromatic nitrogens is 2. The zero-order valence-corrected chi connectivity index (χ0v) is 20.1. The van der Waals surface area contributed by atoms with Gasteiger partial charge in [-0.2, -0.15) is 13.2 Å². The van der Waals surface area contributed by atoms with Gasteiger partial charge in [-0.25, -0.2) is 19.6 Å². The van der Waals surface area contributed by atoms with Gasteiger partial charge in [-0.15, -0.1) is 0 Å². The van der Waals surface area contributed by atoms with E-state index in [4.69, 9.17) is 16.4 Å². The molecular weight excluding hydrogens is 510 g/mol. The Kier molecular flexibility index (Phi) is 7.04. The zero-order valence-electron chi connectivity index (χ0n) is 18.5. The van der Waals surface area contributed by atoms with Crippen molar-refractivity contribution < 1.29 is 27.2 Å². The van der Waals surface area contributed by atoms with E-state index >= 15 is 0 Å². The van der Waals surface area contributed by atoms with Gasteiger partial charge in [-0.05, 0) is 24.3 Å². The molecule has 35 heavy (non-hydrogen) atoms. The zero-order chi connectivity index (χ0) is 25.3. The first-order valence-electron chi connectivity index (χ1n) is 10.3. The number of nitrogens with zero attached hydrogens (tertiary/aromatic N) is 3. The SMILES string of the molecule is CSNc1cc(Cl)cc(NOC(=O)c2cc(-c3ncc(N4CC(C(F)(F)F)C4)cc3F)n(C)c2)c1. The summed E-state index contributed by atoms with van der Waals surface area (Å²) in [6, 6.07) is 7.53. The Labute approximate surface area is 207 Å². The van der Waals surface area contributed by atoms with Crippen LogP contribution in [0.15, 0.2) is 42.7 Å². The number of benzene rings is 1. The first kappa shape index (κ1) is 25.0. The normalized spacial score (nSPS) is 14.0. The summed E-state index contributed by atoms with van der Waals surface area (Å²) in [7, 11) is 1.61. The van der Waals surface area contributed by atoms with Crippen LogP contribution in [0.25, 0.3) is 11.4 Å². The van der Waals surface area contributed by atoms with Gasteiger partial charge in [0.1, 0.15) is 5.69 Å². The summed E-state index contributed by atoms with van der Waals surface area (Å²) in [5.41, 5.74) is 4.36. The van der Waals surface area contributed by atoms with Crippen LogP contribution in [0.4, 0.5) is 34.6 Å². The average Bonchev–Trinajstić information content (AvgIpc) is 3.11. The summed E-state index contributed by atoms with van der Waals surface area (Å²) >= 11 is 7.44. The molecule has 0 unspecified atom stereocenters. The van der Waals surface area contributed by atoms with Crippen molar-refractivity contribution in [3.63, 3.8) is 0 Å². The number of rotatable bonds is 7. The highest BCUT2D eigenvalue weighted by Crippen LogP contribution is 2.37. The Hall–Kier alpha value is -3.12. The standard InChI is InChI=1S/C22H20ClF4N5O2S/c1-31-9-12(21(33)34-29-15-4-14(23)5-16(6-15)30-35-2)3-19(31)20-18(24)7-17(8-28-20)32-10-13(11-32)22(25,26)27/h3-9,13,29-30H,10-11H2,1-2H3. The molecule has 0 saturated carbocycles. The summed E-state index contributed by atoms with van der Waals surface area (Å²) in [6.45, 7) is -0.475. The lowest BCUT2D eigenvalue weighted by Crippen LogP contribution is -2.53. The molecule has 0 aliphatic carbocycles. The maximum atomic E-state index is 14.8. The highest BCUT2D eigenvalue weighted by molar-refractivity contribution is 7.99. The van der Waals surface area contributed by atoms with Crippen molar-refractivity contribution in [2.45, 2.75) is 6.18 Å². The highest BCUT2D eigenvalue weighted by atomic mass is 35.5. The fourth-order valence-electron chi connectivity index (χ4n) is 3.59. The smallest absolute Gasteiger partial charge is 0.369 e. The third-order valence-electron chi connectivity index (χ3n) is 5.40. The molecule has 1 saturated heterocycles. The van der Waals surface area contributed by atoms with E-state index in [0.717, 1.165) is 6.07 Å². The Morgan fingerprint density at radius 2 is 1.91 bits per heavy atom. The lowest BCUT2D eigenvalue weighted by molar-refractivity contribution is -0.180. The summed E-state index contributed by atoms with van der Waals surface area (Å²) in [5, 5.41) is 0.432. The quantitative estimate of drug-likeness (QED) is 0.229. The van der Waals surface area contributed by atoms with Gasteiger partial charge < -0.3 is 19.0 Å². The van der Waals surface area contributed by atoms with E-state index in [-0.39, 0.29) is 30.0 Å². The first-order valence-corrected chi connectivity index (χ1v) is 11.9. The highest BCUT2D eigenvalue weighted by Gasteiger charge is 2.47. The molecule has 186 valence electrons. The number of carbonyl (C=O) groups is 1. The number of pyridine rings is 1. The summed E-state index contributed by atoms with van der Waals surface area (Å²) in [5.74, 6) is -2.87. The Morgan fingerprint density at radius 1 is 1.20 bits per heavy atom. The van der Waals surface area contributed by atoms with Crippen molar-refractivity contribution in [1.82, 2.24) is 9.55 Å². The molecule has 0 spiro atoms. The molecule has 1 aromatic carbocycles. The summed E-state index contributed by atoms with van der Waals surface area (Å²) in [4.78, 5) is 23.2. The van der Waals surface area contributed by atoms with Crippen molar-refractivity contribution in [3.05, 3.63) is 59.1 Å². The van der Waals surface area contributed by atoms with E-state index in [2.05, 4.69) is 15.2 Å². The minimum absolute atomic E-state index is 0.0428. The van der Waals surface area contributed by atoms with Gasteiger partial charge in [-0.1, -0.05) is 23.5 Å². The number of halogens is 5. The second-order valence-corrected chi connectivity index (χ2v) is 8.97. The van der Waals surface area contributed by atoms with Crippen LogP contribution in [0.1, 0.15) is 10.4 Å². The maximum absolute atomic E-state index is 14.8. The van der Waals surface area contributed by atoms with Crippen molar-refractivity contribution in [1.29, 1.82) is 0 Å². The molecule has 7 nitrogen and oxygen atoms in total. The lowest BCUT2D eigenvalue weighted by Gasteiger charge is -2.41. The second-order valence-electron chi connectivity index (χ2n) is 7.92. The van der Waals surface area contributed by atoms with Crippen LogP contribution < -0.4 is 15.1 Å². The number of aryl methyl sites for hydroxylation is 1. The van der Waals surface area contributed by atoms with Crippen LogP contribution in [-0.4, -0.2) is 41.0 Å². The molecule has 0 radical (unpaired) electrons. The molecule has 3 aromatic rings. The predicted molar refractivity (Wildman–Crippen MR) is 128 cm³/mol. The van der Waals surface area contributed by atoms with Crippen LogP contribution in [0, 0.1) is 11.7 Å². The topological polar surface area (TPSA) is 71.4 Å². The molecule has 2 aromatic heterocycles. The molecular formula is C22H20ClF4N5O2S. The van der Waals surface area contributed by atoms with Crippen molar-refractivity contribution >= 4 is 46.6 Å². The van der Waals surface area contributed by atoms with Gasteiger partial charge in [0.15, 0.2) is 5.82 Å². The van der Waals surface area contributed by atoms with E-state index in [9.17, 15) is 22.4 Å². The molecule has 4 rings (SSSR count). The molecule has 0 atom stereocenters. The van der Waals surface area contributed by atoms with E-state index in [0.29, 0.717) is 22.1 Å².